The van der Waals surface area contributed by atoms with Crippen LogP contribution in [0.3, 0.4) is 0 Å². The molecular formula is C11H16O4. The Hall–Kier alpha value is -1.58. The number of hydrogen-bond donors (Lipinski definition) is 0. The van der Waals surface area contributed by atoms with Crippen LogP contribution >= 0.6 is 0 Å². The van der Waals surface area contributed by atoms with Gasteiger partial charge >= 0.3 is 11.9 Å². The fourth-order valence-electron chi connectivity index (χ4n) is 0.703. The Kier molecular flexibility index (Phi) is 4.78. The van der Waals surface area contributed by atoms with Gasteiger partial charge in [-0.3, -0.25) is 0 Å². The maximum absolute atomic E-state index is 11.2. The highest BCUT2D eigenvalue weighted by atomic mass is 16.7. The van der Waals surface area contributed by atoms with E-state index < -0.39 is 17.7 Å². The zero-order valence-electron chi connectivity index (χ0n) is 9.33. The van der Waals surface area contributed by atoms with Gasteiger partial charge in [0, 0.05) is 25.0 Å². The summed E-state index contributed by atoms with van der Waals surface area (Å²) in [4.78, 5) is 22.2. The van der Waals surface area contributed by atoms with Gasteiger partial charge in [0.05, 0.1) is 0 Å². The van der Waals surface area contributed by atoms with Gasteiger partial charge < -0.3 is 9.47 Å². The van der Waals surface area contributed by atoms with Gasteiger partial charge in [-0.25, -0.2) is 9.59 Å². The number of esters is 2. The molecule has 0 aliphatic heterocycles. The van der Waals surface area contributed by atoms with Gasteiger partial charge in [0.2, 0.25) is 0 Å². The zero-order valence-corrected chi connectivity index (χ0v) is 9.33. The molecule has 0 spiro atoms. The quantitative estimate of drug-likeness (QED) is 0.397. The lowest BCUT2D eigenvalue weighted by molar-refractivity contribution is -0.217. The first-order valence-electron chi connectivity index (χ1n) is 4.59. The molecule has 0 rings (SSSR count). The van der Waals surface area contributed by atoms with Crippen LogP contribution in [0, 0.1) is 0 Å². The van der Waals surface area contributed by atoms with Crippen LogP contribution < -0.4 is 0 Å². The molecular weight excluding hydrogens is 196 g/mol. The van der Waals surface area contributed by atoms with Crippen molar-refractivity contribution in [3.63, 3.8) is 0 Å². The minimum absolute atomic E-state index is 0.254. The first kappa shape index (κ1) is 13.4. The van der Waals surface area contributed by atoms with Gasteiger partial charge in [0.25, 0.3) is 5.79 Å². The summed E-state index contributed by atoms with van der Waals surface area (Å²) in [6.07, 6.45) is 1.37. The predicted octanol–water partition coefficient (Wildman–Crippen LogP) is 1.96. The van der Waals surface area contributed by atoms with E-state index >= 15 is 0 Å². The molecule has 0 fully saturated rings. The third-order valence-corrected chi connectivity index (χ3v) is 1.78. The van der Waals surface area contributed by atoms with E-state index in [1.807, 2.05) is 0 Å². The van der Waals surface area contributed by atoms with Crippen LogP contribution in [0.2, 0.25) is 0 Å². The van der Waals surface area contributed by atoms with Crippen molar-refractivity contribution in [3.8, 4) is 0 Å². The standard InChI is InChI=1S/C11H16O4/c1-6-9(12)14-11(5,7-2)15-10(13)8(3)4/h6H,1,3,7H2,2,4-5H3. The molecule has 0 amide bonds. The van der Waals surface area contributed by atoms with Crippen LogP contribution in [0.4, 0.5) is 0 Å². The van der Waals surface area contributed by atoms with Crippen LogP contribution in [0.25, 0.3) is 0 Å². The van der Waals surface area contributed by atoms with Gasteiger partial charge in [0.15, 0.2) is 0 Å². The lowest BCUT2D eigenvalue weighted by atomic mass is 10.2. The first-order valence-corrected chi connectivity index (χ1v) is 4.59. The van der Waals surface area contributed by atoms with Gasteiger partial charge in [-0.05, 0) is 6.92 Å². The summed E-state index contributed by atoms with van der Waals surface area (Å²) in [6.45, 7) is 11.5. The second-order valence-electron chi connectivity index (χ2n) is 3.28. The second-order valence-corrected chi connectivity index (χ2v) is 3.28. The Morgan fingerprint density at radius 1 is 1.40 bits per heavy atom. The number of ether oxygens (including phenoxy) is 2. The molecule has 0 bridgehead atoms. The molecule has 4 nitrogen and oxygen atoms in total. The molecule has 0 heterocycles. The van der Waals surface area contributed by atoms with Gasteiger partial charge in [-0.1, -0.05) is 20.1 Å². The molecule has 84 valence electrons. The van der Waals surface area contributed by atoms with Crippen molar-refractivity contribution < 1.29 is 19.1 Å². The topological polar surface area (TPSA) is 52.6 Å². The van der Waals surface area contributed by atoms with Crippen molar-refractivity contribution in [2.45, 2.75) is 33.0 Å². The monoisotopic (exact) mass is 212 g/mol. The third kappa shape index (κ3) is 4.44. The molecule has 0 aromatic carbocycles. The van der Waals surface area contributed by atoms with Gasteiger partial charge in [0.1, 0.15) is 0 Å². The van der Waals surface area contributed by atoms with E-state index in [2.05, 4.69) is 13.2 Å². The van der Waals surface area contributed by atoms with E-state index in [0.717, 1.165) is 6.08 Å². The molecule has 0 aliphatic rings. The molecule has 1 unspecified atom stereocenters. The molecule has 0 radical (unpaired) electrons. The van der Waals surface area contributed by atoms with E-state index in [0.29, 0.717) is 6.42 Å². The Bertz CT molecular complexity index is 293. The molecule has 0 saturated carbocycles. The first-order chi connectivity index (χ1) is 6.84. The summed E-state index contributed by atoms with van der Waals surface area (Å²) in [5.74, 6) is -2.48. The second kappa shape index (κ2) is 5.34. The fourth-order valence-corrected chi connectivity index (χ4v) is 0.703. The molecule has 0 saturated heterocycles. The third-order valence-electron chi connectivity index (χ3n) is 1.78. The number of rotatable bonds is 5. The minimum atomic E-state index is -1.26. The molecule has 0 N–H and O–H groups in total. The smallest absolute Gasteiger partial charge is 0.336 e. The van der Waals surface area contributed by atoms with Crippen molar-refractivity contribution in [1.82, 2.24) is 0 Å². The van der Waals surface area contributed by atoms with Crippen LogP contribution in [0.5, 0.6) is 0 Å². The number of hydrogen-bond acceptors (Lipinski definition) is 4. The van der Waals surface area contributed by atoms with Gasteiger partial charge in [-0.2, -0.15) is 0 Å². The normalized spacial score (nSPS) is 13.5. The highest BCUT2D eigenvalue weighted by Gasteiger charge is 2.30. The molecule has 15 heavy (non-hydrogen) atoms. The summed E-state index contributed by atoms with van der Waals surface area (Å²) >= 11 is 0. The van der Waals surface area contributed by atoms with Crippen LogP contribution in [0.15, 0.2) is 24.8 Å². The average Bonchev–Trinajstić information content (AvgIpc) is 2.17. The van der Waals surface area contributed by atoms with Crippen molar-refractivity contribution in [2.24, 2.45) is 0 Å². The summed E-state index contributed by atoms with van der Waals surface area (Å²) < 4.78 is 9.91. The SMILES string of the molecule is C=CC(=O)OC(C)(CC)OC(=O)C(=C)C. The van der Waals surface area contributed by atoms with Crippen LogP contribution in [0.1, 0.15) is 27.2 Å². The maximum Gasteiger partial charge on any atom is 0.336 e. The van der Waals surface area contributed by atoms with Crippen LogP contribution in [-0.2, 0) is 19.1 Å². The summed E-state index contributed by atoms with van der Waals surface area (Å²) in [5.41, 5.74) is 0.254. The van der Waals surface area contributed by atoms with Crippen molar-refractivity contribution in [2.75, 3.05) is 0 Å². The lowest BCUT2D eigenvalue weighted by Crippen LogP contribution is -2.36. The van der Waals surface area contributed by atoms with E-state index in [1.165, 1.54) is 13.8 Å². The fraction of sp³-hybridized carbons (Fsp3) is 0.455. The molecule has 1 atom stereocenters. The van der Waals surface area contributed by atoms with E-state index in [4.69, 9.17) is 9.47 Å². The molecule has 0 aromatic heterocycles. The molecule has 0 aliphatic carbocycles. The number of carbonyl (C=O) groups is 2. The average molecular weight is 212 g/mol. The minimum Gasteiger partial charge on any atom is -0.420 e. The highest BCUT2D eigenvalue weighted by molar-refractivity contribution is 5.87. The largest absolute Gasteiger partial charge is 0.420 e. The van der Waals surface area contributed by atoms with Crippen molar-refractivity contribution >= 4 is 11.9 Å². The molecule has 0 aromatic rings. The maximum atomic E-state index is 11.2. The van der Waals surface area contributed by atoms with Crippen LogP contribution in [-0.4, -0.2) is 17.7 Å². The summed E-state index contributed by atoms with van der Waals surface area (Å²) in [5, 5.41) is 0. The van der Waals surface area contributed by atoms with Crippen molar-refractivity contribution in [3.05, 3.63) is 24.8 Å². The van der Waals surface area contributed by atoms with Gasteiger partial charge in [-0.15, -0.1) is 0 Å². The zero-order chi connectivity index (χ0) is 12.1. The van der Waals surface area contributed by atoms with E-state index in [-0.39, 0.29) is 5.57 Å². The van der Waals surface area contributed by atoms with Crippen molar-refractivity contribution in [1.29, 1.82) is 0 Å². The Balaban J connectivity index is 4.56. The lowest BCUT2D eigenvalue weighted by Gasteiger charge is -2.27. The highest BCUT2D eigenvalue weighted by Crippen LogP contribution is 2.19. The van der Waals surface area contributed by atoms with E-state index in [9.17, 15) is 9.59 Å². The Labute approximate surface area is 89.6 Å². The molecule has 4 heteroatoms. The number of carbonyl (C=O) groups excluding carboxylic acids is 2. The Morgan fingerprint density at radius 2 is 1.93 bits per heavy atom. The summed E-state index contributed by atoms with van der Waals surface area (Å²) in [6, 6.07) is 0. The summed E-state index contributed by atoms with van der Waals surface area (Å²) in [7, 11) is 0. The Morgan fingerprint density at radius 3 is 2.27 bits per heavy atom. The van der Waals surface area contributed by atoms with E-state index in [1.54, 1.807) is 6.92 Å². The predicted molar refractivity (Wildman–Crippen MR) is 55.9 cm³/mol.